The van der Waals surface area contributed by atoms with E-state index in [0.29, 0.717) is 12.2 Å². The van der Waals surface area contributed by atoms with E-state index < -0.39 is 4.92 Å². The van der Waals surface area contributed by atoms with Crippen molar-refractivity contribution in [3.8, 4) is 5.75 Å². The third kappa shape index (κ3) is 3.18. The van der Waals surface area contributed by atoms with Crippen molar-refractivity contribution < 1.29 is 14.4 Å². The van der Waals surface area contributed by atoms with E-state index in [1.54, 1.807) is 19.2 Å². The minimum atomic E-state index is -0.503. The number of hydrogen-bond donors (Lipinski definition) is 0. The van der Waals surface area contributed by atoms with Crippen molar-refractivity contribution in [3.05, 3.63) is 62.7 Å². The summed E-state index contributed by atoms with van der Waals surface area (Å²) in [5.74, 6) is 0.712. The lowest BCUT2D eigenvalue weighted by Gasteiger charge is -2.05. The maximum absolute atomic E-state index is 10.8. The zero-order valence-electron chi connectivity index (χ0n) is 12.3. The Morgan fingerprint density at radius 2 is 2.13 bits per heavy atom. The molecule has 2 aromatic carbocycles. The van der Waals surface area contributed by atoms with Gasteiger partial charge in [-0.2, -0.15) is 0 Å². The molecule has 0 saturated carbocycles. The average Bonchev–Trinajstić information content (AvgIpc) is 2.95. The second-order valence-corrected chi connectivity index (χ2v) is 5.41. The fourth-order valence-corrected chi connectivity index (χ4v) is 2.65. The normalized spacial score (nSPS) is 12.7. The van der Waals surface area contributed by atoms with E-state index >= 15 is 0 Å². The first kappa shape index (κ1) is 15.5. The minimum Gasteiger partial charge on any atom is -0.468 e. The van der Waals surface area contributed by atoms with Gasteiger partial charge in [-0.3, -0.25) is 15.1 Å². The number of aliphatic imine (C=N–C) groups is 1. The zero-order valence-corrected chi connectivity index (χ0v) is 13.0. The zero-order chi connectivity index (χ0) is 16.4. The summed E-state index contributed by atoms with van der Waals surface area (Å²) in [5, 5.41) is 10.9. The van der Waals surface area contributed by atoms with E-state index in [4.69, 9.17) is 21.1 Å². The van der Waals surface area contributed by atoms with Crippen molar-refractivity contribution in [3.63, 3.8) is 0 Å². The van der Waals surface area contributed by atoms with Crippen LogP contribution in [0.15, 0.2) is 41.4 Å². The molecule has 1 aliphatic heterocycles. The molecule has 23 heavy (non-hydrogen) atoms. The molecule has 1 heterocycles. The predicted molar refractivity (Wildman–Crippen MR) is 87.0 cm³/mol. The van der Waals surface area contributed by atoms with Gasteiger partial charge in [-0.1, -0.05) is 11.6 Å². The fraction of sp³-hybridized carbons (Fsp3) is 0.188. The van der Waals surface area contributed by atoms with E-state index in [2.05, 4.69) is 4.99 Å². The van der Waals surface area contributed by atoms with Gasteiger partial charge < -0.3 is 9.47 Å². The van der Waals surface area contributed by atoms with Crippen molar-refractivity contribution in [2.24, 2.45) is 4.99 Å². The molecule has 2 aromatic rings. The first-order valence-corrected chi connectivity index (χ1v) is 7.23. The second kappa shape index (κ2) is 6.36. The molecule has 0 spiro atoms. The first-order chi connectivity index (χ1) is 11.1. The number of fused-ring (bicyclic) bond motifs is 1. The lowest BCUT2D eigenvalue weighted by molar-refractivity contribution is -0.384. The summed E-state index contributed by atoms with van der Waals surface area (Å²) in [6.07, 6.45) is 0.619. The number of halogens is 1. The molecule has 0 saturated heterocycles. The van der Waals surface area contributed by atoms with Gasteiger partial charge in [0.2, 0.25) is 0 Å². The monoisotopic (exact) mass is 332 g/mol. The van der Waals surface area contributed by atoms with E-state index in [9.17, 15) is 10.1 Å². The molecule has 118 valence electrons. The molecule has 0 atom stereocenters. The van der Waals surface area contributed by atoms with Crippen LogP contribution in [-0.2, 0) is 11.2 Å². The number of nitro benzene ring substituents is 1. The lowest BCUT2D eigenvalue weighted by Crippen LogP contribution is -2.02. The maximum atomic E-state index is 10.8. The third-order valence-electron chi connectivity index (χ3n) is 3.49. The largest absolute Gasteiger partial charge is 0.468 e. The number of methoxy groups -OCH3 is 1. The molecule has 7 heteroatoms. The van der Waals surface area contributed by atoms with Crippen LogP contribution in [-0.4, -0.2) is 24.5 Å². The van der Waals surface area contributed by atoms with Crippen molar-refractivity contribution in [1.29, 1.82) is 0 Å². The van der Waals surface area contributed by atoms with Gasteiger partial charge in [-0.15, -0.1) is 0 Å². The smallest absolute Gasteiger partial charge is 0.287 e. The minimum absolute atomic E-state index is 0.107. The third-order valence-corrected chi connectivity index (χ3v) is 3.79. The molecule has 0 radical (unpaired) electrons. The number of nitro groups is 1. The van der Waals surface area contributed by atoms with Gasteiger partial charge in [-0.05, 0) is 41.5 Å². The highest BCUT2D eigenvalue weighted by Gasteiger charge is 2.19. The summed E-state index contributed by atoms with van der Waals surface area (Å²) in [5.41, 5.74) is 3.38. The van der Waals surface area contributed by atoms with Gasteiger partial charge in [0.05, 0.1) is 16.3 Å². The molecular formula is C16H13ClN2O4. The molecule has 0 aliphatic carbocycles. The van der Waals surface area contributed by atoms with Crippen molar-refractivity contribution >= 4 is 28.7 Å². The lowest BCUT2D eigenvalue weighted by atomic mass is 10.0. The van der Waals surface area contributed by atoms with Gasteiger partial charge in [0, 0.05) is 19.6 Å². The Hall–Kier alpha value is -2.44. The summed E-state index contributed by atoms with van der Waals surface area (Å²) in [7, 11) is 1.56. The molecular weight excluding hydrogens is 320 g/mol. The van der Waals surface area contributed by atoms with Crippen molar-refractivity contribution in [2.45, 2.75) is 6.42 Å². The first-order valence-electron chi connectivity index (χ1n) is 6.85. The van der Waals surface area contributed by atoms with Crippen LogP contribution in [0.3, 0.4) is 0 Å². The number of rotatable bonds is 5. The van der Waals surface area contributed by atoms with Gasteiger partial charge in [0.1, 0.15) is 10.8 Å². The quantitative estimate of drug-likeness (QED) is 0.472. The topological polar surface area (TPSA) is 74.0 Å². The SMILES string of the molecule is COCOc1ccc2c(c1)CC(c1ccc([N+](=O)[O-])c(Cl)c1)=N2. The molecule has 0 fully saturated rings. The van der Waals surface area contributed by atoms with E-state index in [-0.39, 0.29) is 17.5 Å². The van der Waals surface area contributed by atoms with Crippen LogP contribution in [0.5, 0.6) is 5.75 Å². The van der Waals surface area contributed by atoms with E-state index in [0.717, 1.165) is 22.5 Å². The predicted octanol–water partition coefficient (Wildman–Crippen LogP) is 3.91. The van der Waals surface area contributed by atoms with Crippen molar-refractivity contribution in [1.82, 2.24) is 0 Å². The number of ether oxygens (including phenoxy) is 2. The standard InChI is InChI=1S/C16H13ClN2O4/c1-22-9-23-12-3-4-14-11(6-12)8-15(18-14)10-2-5-16(19(20)21)13(17)7-10/h2-7H,8-9H2,1H3. The van der Waals surface area contributed by atoms with Crippen LogP contribution in [0.2, 0.25) is 5.02 Å². The Balaban J connectivity index is 1.84. The molecule has 3 rings (SSSR count). The fourth-order valence-electron chi connectivity index (χ4n) is 2.40. The van der Waals surface area contributed by atoms with Crippen LogP contribution in [0.25, 0.3) is 0 Å². The van der Waals surface area contributed by atoms with Crippen LogP contribution >= 0.6 is 11.6 Å². The second-order valence-electron chi connectivity index (χ2n) is 5.00. The molecule has 6 nitrogen and oxygen atoms in total. The van der Waals surface area contributed by atoms with Crippen LogP contribution in [0, 0.1) is 10.1 Å². The molecule has 0 N–H and O–H groups in total. The Morgan fingerprint density at radius 1 is 1.30 bits per heavy atom. The summed E-state index contributed by atoms with van der Waals surface area (Å²) in [6.45, 7) is 0.185. The molecule has 0 unspecified atom stereocenters. The van der Waals surface area contributed by atoms with Gasteiger partial charge >= 0.3 is 0 Å². The average molecular weight is 333 g/mol. The summed E-state index contributed by atoms with van der Waals surface area (Å²) in [4.78, 5) is 14.9. The molecule has 0 amide bonds. The highest BCUT2D eigenvalue weighted by molar-refractivity contribution is 6.33. The molecule has 1 aliphatic rings. The number of nitrogens with zero attached hydrogens (tertiary/aromatic N) is 2. The Kier molecular flexibility index (Phi) is 4.27. The number of benzene rings is 2. The van der Waals surface area contributed by atoms with E-state index in [1.165, 1.54) is 6.07 Å². The van der Waals surface area contributed by atoms with Crippen LogP contribution in [0.1, 0.15) is 11.1 Å². The van der Waals surface area contributed by atoms with Gasteiger partial charge in [0.25, 0.3) is 5.69 Å². The summed E-state index contributed by atoms with van der Waals surface area (Å²) < 4.78 is 10.3. The summed E-state index contributed by atoms with van der Waals surface area (Å²) >= 11 is 5.97. The Morgan fingerprint density at radius 3 is 2.83 bits per heavy atom. The van der Waals surface area contributed by atoms with Crippen LogP contribution in [0.4, 0.5) is 11.4 Å². The van der Waals surface area contributed by atoms with Crippen molar-refractivity contribution in [2.75, 3.05) is 13.9 Å². The summed E-state index contributed by atoms with van der Waals surface area (Å²) in [6, 6.07) is 10.3. The van der Waals surface area contributed by atoms with Crippen LogP contribution < -0.4 is 4.74 Å². The molecule has 0 aromatic heterocycles. The van der Waals surface area contributed by atoms with E-state index in [1.807, 2.05) is 18.2 Å². The van der Waals surface area contributed by atoms with Gasteiger partial charge in [-0.25, -0.2) is 0 Å². The Bertz CT molecular complexity index is 805. The molecule has 0 bridgehead atoms. The highest BCUT2D eigenvalue weighted by Crippen LogP contribution is 2.33. The maximum Gasteiger partial charge on any atom is 0.287 e. The number of hydrogen-bond acceptors (Lipinski definition) is 5. The van der Waals surface area contributed by atoms with Gasteiger partial charge in [0.15, 0.2) is 6.79 Å². The highest BCUT2D eigenvalue weighted by atomic mass is 35.5. The Labute approximate surface area is 137 Å².